The number of benzene rings is 3. The Balaban J connectivity index is 1.47. The Morgan fingerprint density at radius 3 is 2.45 bits per heavy atom. The van der Waals surface area contributed by atoms with Crippen molar-refractivity contribution < 1.29 is 24.4 Å². The summed E-state index contributed by atoms with van der Waals surface area (Å²) in [5.74, 6) is 1.05. The molecule has 1 aliphatic heterocycles. The predicted octanol–water partition coefficient (Wildman–Crippen LogP) is 2.34. The molecule has 2 amide bonds. The molecule has 1 atom stereocenters. The minimum Gasteiger partial charge on any atom is -0.484 e. The van der Waals surface area contributed by atoms with Crippen molar-refractivity contribution in [2.45, 2.75) is 26.3 Å². The first-order valence-electron chi connectivity index (χ1n) is 13.3. The molecule has 5 rings (SSSR count). The van der Waals surface area contributed by atoms with E-state index in [2.05, 4.69) is 20.8 Å². The Bertz CT molecular complexity index is 1640. The topological polar surface area (TPSA) is 151 Å². The number of aryl methyl sites for hydroxylation is 1. The highest BCUT2D eigenvalue weighted by atomic mass is 35.5. The number of halogens is 1. The molecule has 0 saturated carbocycles. The van der Waals surface area contributed by atoms with Gasteiger partial charge in [0, 0.05) is 28.4 Å². The minimum absolute atomic E-state index is 0.0822. The SMILES string of the molecule is CCNC(=O)CC1N=C(c2ccc(Cl)cc2)c2cc(OCC(=O)Nc3ccc(B(O)O)cc3)ccc2-n2c(C)nnc21. The monoisotopic (exact) mass is 586 g/mol. The highest BCUT2D eigenvalue weighted by molar-refractivity contribution is 6.58. The van der Waals surface area contributed by atoms with Gasteiger partial charge >= 0.3 is 7.12 Å². The molecule has 1 aliphatic rings. The molecule has 1 unspecified atom stereocenters. The second-order valence-electron chi connectivity index (χ2n) is 9.61. The molecule has 0 aliphatic carbocycles. The van der Waals surface area contributed by atoms with E-state index in [0.717, 1.165) is 11.3 Å². The number of nitrogens with one attached hydrogen (secondary N) is 2. The molecule has 0 fully saturated rings. The smallest absolute Gasteiger partial charge is 0.484 e. The van der Waals surface area contributed by atoms with Crippen LogP contribution in [0.5, 0.6) is 5.75 Å². The summed E-state index contributed by atoms with van der Waals surface area (Å²) >= 11 is 6.17. The normalized spacial score (nSPS) is 13.7. The van der Waals surface area contributed by atoms with Gasteiger partial charge in [-0.2, -0.15) is 0 Å². The van der Waals surface area contributed by atoms with Gasteiger partial charge in [0.25, 0.3) is 5.91 Å². The molecule has 1 aromatic heterocycles. The summed E-state index contributed by atoms with van der Waals surface area (Å²) in [4.78, 5) is 30.3. The molecule has 214 valence electrons. The van der Waals surface area contributed by atoms with Crippen LogP contribution in [0.25, 0.3) is 5.69 Å². The van der Waals surface area contributed by atoms with Crippen molar-refractivity contribution in [1.82, 2.24) is 20.1 Å². The van der Waals surface area contributed by atoms with E-state index in [1.54, 1.807) is 36.4 Å². The van der Waals surface area contributed by atoms with Gasteiger partial charge in [-0.05, 0) is 61.8 Å². The molecule has 0 radical (unpaired) electrons. The molecule has 42 heavy (non-hydrogen) atoms. The number of carbonyl (C=O) groups excluding carboxylic acids is 2. The van der Waals surface area contributed by atoms with Crippen LogP contribution in [0.15, 0.2) is 71.7 Å². The van der Waals surface area contributed by atoms with Crippen molar-refractivity contribution in [3.8, 4) is 11.4 Å². The zero-order valence-electron chi connectivity index (χ0n) is 22.9. The third-order valence-corrected chi connectivity index (χ3v) is 6.88. The molecule has 2 heterocycles. The van der Waals surface area contributed by atoms with Gasteiger partial charge in [-0.1, -0.05) is 35.9 Å². The summed E-state index contributed by atoms with van der Waals surface area (Å²) in [6.07, 6.45) is 0.0822. The Morgan fingerprint density at radius 1 is 1.02 bits per heavy atom. The lowest BCUT2D eigenvalue weighted by Crippen LogP contribution is -2.29. The average Bonchev–Trinajstić information content (AvgIpc) is 3.29. The summed E-state index contributed by atoms with van der Waals surface area (Å²) in [6.45, 7) is 3.92. The Morgan fingerprint density at radius 2 is 1.76 bits per heavy atom. The van der Waals surface area contributed by atoms with Crippen molar-refractivity contribution in [3.05, 3.63) is 94.5 Å². The second kappa shape index (κ2) is 12.6. The number of aliphatic imine (C=N–C) groups is 1. The van der Waals surface area contributed by atoms with Crippen LogP contribution >= 0.6 is 11.6 Å². The van der Waals surface area contributed by atoms with Crippen LogP contribution in [0, 0.1) is 6.92 Å². The van der Waals surface area contributed by atoms with Gasteiger partial charge in [-0.25, -0.2) is 0 Å². The number of fused-ring (bicyclic) bond motifs is 3. The van der Waals surface area contributed by atoms with Crippen LogP contribution in [0.2, 0.25) is 5.02 Å². The predicted molar refractivity (Wildman–Crippen MR) is 160 cm³/mol. The van der Waals surface area contributed by atoms with E-state index in [-0.39, 0.29) is 18.9 Å². The van der Waals surface area contributed by atoms with Crippen LogP contribution in [-0.4, -0.2) is 62.6 Å². The molecular formula is C29H28BClN6O5. The van der Waals surface area contributed by atoms with Crippen molar-refractivity contribution in [2.75, 3.05) is 18.5 Å². The van der Waals surface area contributed by atoms with Gasteiger partial charge in [0.05, 0.1) is 17.8 Å². The van der Waals surface area contributed by atoms with Gasteiger partial charge in [0.15, 0.2) is 12.4 Å². The first kappa shape index (κ1) is 29.0. The van der Waals surface area contributed by atoms with E-state index in [0.29, 0.717) is 51.4 Å². The molecule has 4 aromatic rings. The number of carbonyl (C=O) groups is 2. The van der Waals surface area contributed by atoms with E-state index in [1.165, 1.54) is 12.1 Å². The summed E-state index contributed by atoms with van der Waals surface area (Å²) in [7, 11) is -1.59. The fraction of sp³-hybridized carbons (Fsp3) is 0.207. The molecule has 0 bridgehead atoms. The Labute approximate surface area is 247 Å². The largest absolute Gasteiger partial charge is 0.488 e. The van der Waals surface area contributed by atoms with E-state index in [9.17, 15) is 19.6 Å². The number of aromatic nitrogens is 3. The van der Waals surface area contributed by atoms with Crippen molar-refractivity contribution >= 4 is 47.4 Å². The maximum absolute atomic E-state index is 12.6. The van der Waals surface area contributed by atoms with Gasteiger partial charge in [0.1, 0.15) is 17.6 Å². The van der Waals surface area contributed by atoms with E-state index >= 15 is 0 Å². The number of hydrogen-bond donors (Lipinski definition) is 4. The van der Waals surface area contributed by atoms with Crippen LogP contribution in [0.4, 0.5) is 5.69 Å². The number of ether oxygens (including phenoxy) is 1. The first-order valence-corrected chi connectivity index (χ1v) is 13.7. The second-order valence-corrected chi connectivity index (χ2v) is 10.0. The van der Waals surface area contributed by atoms with E-state index in [1.807, 2.05) is 36.6 Å². The maximum Gasteiger partial charge on any atom is 0.488 e. The van der Waals surface area contributed by atoms with Crippen molar-refractivity contribution in [3.63, 3.8) is 0 Å². The van der Waals surface area contributed by atoms with Gasteiger partial charge in [-0.3, -0.25) is 19.1 Å². The lowest BCUT2D eigenvalue weighted by atomic mass is 9.80. The number of hydrogen-bond acceptors (Lipinski definition) is 8. The summed E-state index contributed by atoms with van der Waals surface area (Å²) < 4.78 is 7.75. The highest BCUT2D eigenvalue weighted by Crippen LogP contribution is 2.34. The molecule has 13 heteroatoms. The highest BCUT2D eigenvalue weighted by Gasteiger charge is 2.30. The lowest BCUT2D eigenvalue weighted by molar-refractivity contribution is -0.121. The molecule has 0 saturated heterocycles. The molecule has 3 aromatic carbocycles. The maximum atomic E-state index is 12.6. The fourth-order valence-electron chi connectivity index (χ4n) is 4.67. The summed E-state index contributed by atoms with van der Waals surface area (Å²) in [5.41, 5.74) is 3.65. The quantitative estimate of drug-likeness (QED) is 0.220. The number of rotatable bonds is 9. The van der Waals surface area contributed by atoms with Crippen LogP contribution < -0.4 is 20.8 Å². The Hall–Kier alpha value is -4.52. The molecule has 4 N–H and O–H groups in total. The van der Waals surface area contributed by atoms with Gasteiger partial charge < -0.3 is 25.4 Å². The van der Waals surface area contributed by atoms with Crippen molar-refractivity contribution in [2.24, 2.45) is 4.99 Å². The number of amides is 2. The van der Waals surface area contributed by atoms with E-state index < -0.39 is 19.1 Å². The zero-order chi connectivity index (χ0) is 29.8. The third-order valence-electron chi connectivity index (χ3n) is 6.63. The summed E-state index contributed by atoms with van der Waals surface area (Å²) in [6, 6.07) is 18.2. The fourth-order valence-corrected chi connectivity index (χ4v) is 4.80. The molecular weight excluding hydrogens is 559 g/mol. The third kappa shape index (κ3) is 6.36. The Kier molecular flexibility index (Phi) is 8.67. The van der Waals surface area contributed by atoms with Gasteiger partial charge in [0.2, 0.25) is 5.91 Å². The average molecular weight is 587 g/mol. The van der Waals surface area contributed by atoms with E-state index in [4.69, 9.17) is 21.3 Å². The van der Waals surface area contributed by atoms with Crippen LogP contribution in [0.1, 0.15) is 42.2 Å². The first-order chi connectivity index (χ1) is 20.2. The number of anilines is 1. The lowest BCUT2D eigenvalue weighted by Gasteiger charge is -2.15. The number of nitrogens with zero attached hydrogens (tertiary/aromatic N) is 4. The minimum atomic E-state index is -1.59. The van der Waals surface area contributed by atoms with Crippen LogP contribution in [0.3, 0.4) is 0 Å². The van der Waals surface area contributed by atoms with Crippen LogP contribution in [-0.2, 0) is 9.59 Å². The van der Waals surface area contributed by atoms with Crippen molar-refractivity contribution in [1.29, 1.82) is 0 Å². The molecule has 11 nitrogen and oxygen atoms in total. The standard InChI is InChI=1S/C29H28BClN6O5/c1-3-32-26(38)15-24-29-36-35-17(2)37(29)25-13-12-22(14-23(25)28(34-24)18-4-8-20(31)9-5-18)42-16-27(39)33-21-10-6-19(7-11-21)30(40)41/h4-14,24,40-41H,3,15-16H2,1-2H3,(H,32,38)(H,33,39). The van der Waals surface area contributed by atoms with Gasteiger partial charge in [-0.15, -0.1) is 10.2 Å². The summed E-state index contributed by atoms with van der Waals surface area (Å²) in [5, 5.41) is 33.3. The zero-order valence-corrected chi connectivity index (χ0v) is 23.7. The molecule has 0 spiro atoms.